The van der Waals surface area contributed by atoms with Crippen molar-refractivity contribution in [2.45, 2.75) is 6.92 Å². The molecule has 4 rings (SSSR count). The molecule has 3 aromatic rings. The van der Waals surface area contributed by atoms with Crippen molar-refractivity contribution in [3.05, 3.63) is 29.5 Å². The molecule has 0 amide bonds. The van der Waals surface area contributed by atoms with Crippen molar-refractivity contribution in [3.63, 3.8) is 0 Å². The van der Waals surface area contributed by atoms with Crippen LogP contribution >= 0.6 is 11.6 Å². The average Bonchev–Trinajstić information content (AvgIpc) is 3.07. The molecule has 0 saturated carbocycles. The van der Waals surface area contributed by atoms with Crippen LogP contribution in [-0.2, 0) is 4.79 Å². The van der Waals surface area contributed by atoms with Crippen LogP contribution in [0.5, 0.6) is 6.01 Å². The van der Waals surface area contributed by atoms with Crippen LogP contribution < -0.4 is 30.9 Å². The van der Waals surface area contributed by atoms with Gasteiger partial charge in [0.1, 0.15) is 0 Å². The van der Waals surface area contributed by atoms with Crippen molar-refractivity contribution < 1.29 is 30.8 Å². The van der Waals surface area contributed by atoms with Gasteiger partial charge in [-0.05, 0) is 0 Å². The molecular weight excluding hydrogens is 493 g/mol. The van der Waals surface area contributed by atoms with Gasteiger partial charge in [-0.1, -0.05) is 0 Å². The number of imidazole rings is 1. The van der Waals surface area contributed by atoms with E-state index in [1.165, 1.54) is 6.92 Å². The third-order valence-electron chi connectivity index (χ3n) is 4.38. The fourth-order valence-corrected chi connectivity index (χ4v) is 4.28. The topological polar surface area (TPSA) is 87.2 Å². The Morgan fingerprint density at radius 2 is 1.96 bits per heavy atom. The van der Waals surface area contributed by atoms with Crippen LogP contribution in [0.4, 0.5) is 5.95 Å². The van der Waals surface area contributed by atoms with E-state index in [1.54, 1.807) is 18.5 Å². The third-order valence-corrected chi connectivity index (χ3v) is 6.45. The summed E-state index contributed by atoms with van der Waals surface area (Å²) in [5.74, 6) is 0.260. The van der Waals surface area contributed by atoms with Crippen molar-refractivity contribution in [2.24, 2.45) is 0 Å². The summed E-state index contributed by atoms with van der Waals surface area (Å²) in [6.45, 7) is 4.95. The number of H-pyrrole nitrogens is 1. The molecule has 0 aliphatic carbocycles. The summed E-state index contributed by atoms with van der Waals surface area (Å²) >= 11 is 6.09. The minimum absolute atomic E-state index is 0.140. The zero-order valence-electron chi connectivity index (χ0n) is 15.0. The van der Waals surface area contributed by atoms with E-state index in [1.807, 2.05) is 6.07 Å². The van der Waals surface area contributed by atoms with Gasteiger partial charge >= 0.3 is 157 Å². The fourth-order valence-electron chi connectivity index (χ4n) is 3.02. The number of aromatic amines is 1. The van der Waals surface area contributed by atoms with Crippen LogP contribution in [0, 0.1) is 0 Å². The number of hydrogen-bond acceptors (Lipinski definition) is 7. The van der Waals surface area contributed by atoms with Gasteiger partial charge < -0.3 is 9.72 Å². The number of benzene rings is 1. The van der Waals surface area contributed by atoms with Crippen LogP contribution in [-0.4, -0.2) is 60.9 Å². The molecule has 0 spiro atoms. The number of carbonyl (C=O) groups is 1. The van der Waals surface area contributed by atoms with E-state index in [2.05, 4.69) is 27.9 Å². The number of piperazine rings is 1. The van der Waals surface area contributed by atoms with E-state index in [0.29, 0.717) is 22.0 Å². The molecule has 144 valence electrons. The van der Waals surface area contributed by atoms with E-state index in [0.717, 1.165) is 37.3 Å². The Hall–Kier alpha value is -1.92. The first-order valence-electron chi connectivity index (χ1n) is 8.57. The molecule has 0 unspecified atom stereocenters. The predicted octanol–water partition coefficient (Wildman–Crippen LogP) is -1.19. The van der Waals surface area contributed by atoms with Gasteiger partial charge in [0.2, 0.25) is 0 Å². The summed E-state index contributed by atoms with van der Waals surface area (Å²) in [6, 6.07) is 3.71. The first kappa shape index (κ1) is 19.4. The molecule has 8 nitrogen and oxygen atoms in total. The van der Waals surface area contributed by atoms with Crippen molar-refractivity contribution in [1.29, 1.82) is 0 Å². The molecule has 11 heteroatoms. The summed E-state index contributed by atoms with van der Waals surface area (Å²) in [4.78, 5) is 29.5. The number of anilines is 1. The van der Waals surface area contributed by atoms with Gasteiger partial charge in [-0.3, -0.25) is 4.79 Å². The molecule has 3 heterocycles. The number of carbonyl (C=O) groups excluding carboxylic acids is 1. The molecule has 1 fully saturated rings. The number of fused-ring (bicyclic) bond motifs is 1. The zero-order chi connectivity index (χ0) is 19.7. The van der Waals surface area contributed by atoms with Gasteiger partial charge in [-0.2, -0.15) is 0 Å². The number of aromatic nitrogens is 4. The molecule has 0 atom stereocenters. The minimum atomic E-state index is -0.441. The zero-order valence-corrected chi connectivity index (χ0v) is 17.9. The fraction of sp³-hybridized carbons (Fsp3) is 0.294. The summed E-state index contributed by atoms with van der Waals surface area (Å²) in [6.07, 6.45) is 3.52. The van der Waals surface area contributed by atoms with Crippen LogP contribution in [0.3, 0.4) is 0 Å². The molecule has 2 radical (unpaired) electrons. The quantitative estimate of drug-likeness (QED) is 0.205. The maximum absolute atomic E-state index is 11.1. The van der Waals surface area contributed by atoms with E-state index >= 15 is 0 Å². The van der Waals surface area contributed by atoms with Gasteiger partial charge in [-0.25, -0.2) is 0 Å². The molecule has 2 aromatic heterocycles. The summed E-state index contributed by atoms with van der Waals surface area (Å²) in [5, 5.41) is 0.530. The Bertz CT molecular complexity index is 1010. The number of nitrogens with zero attached hydrogens (tertiary/aromatic N) is 5. The normalized spacial score (nSPS) is 15.3. The van der Waals surface area contributed by atoms with Crippen LogP contribution in [0.15, 0.2) is 24.5 Å². The average molecular weight is 510 g/mol. The molecule has 28 heavy (non-hydrogen) atoms. The number of rotatable bonds is 4. The standard InChI is InChI=1S/C17H16BClIN6O2/c1-10(27)28-17-23-14-6-12(13(19)7-15(14)24-17)11-8-21-16(22-9-11)25-2-4-26(20-18)5-3-25/h6-9H,2-5H2,1H3,(H,23,24)/q-1. The van der Waals surface area contributed by atoms with Crippen LogP contribution in [0.25, 0.3) is 22.2 Å². The summed E-state index contributed by atoms with van der Waals surface area (Å²) in [7, 11) is 0. The molecule has 1 N–H and O–H groups in total. The number of ether oxygens (including phenoxy) is 1. The molecular formula is C17H16BClIN6O2-. The van der Waals surface area contributed by atoms with E-state index in [4.69, 9.17) is 22.0 Å². The SMILES string of the molecule is [B][I-]N1CCN(c2ncc(-c3cc4nc(OC(C)=O)[nH]c4cc3Cl)cn2)CC1. The van der Waals surface area contributed by atoms with E-state index < -0.39 is 5.97 Å². The Labute approximate surface area is 178 Å². The molecule has 1 aliphatic rings. The van der Waals surface area contributed by atoms with E-state index in [9.17, 15) is 4.79 Å². The van der Waals surface area contributed by atoms with E-state index in [-0.39, 0.29) is 27.3 Å². The Kier molecular flexibility index (Phi) is 5.69. The molecule has 1 aliphatic heterocycles. The third kappa shape index (κ3) is 4.08. The van der Waals surface area contributed by atoms with Gasteiger partial charge in [0, 0.05) is 6.92 Å². The van der Waals surface area contributed by atoms with Crippen molar-refractivity contribution in [3.8, 4) is 17.1 Å². The second kappa shape index (κ2) is 8.22. The van der Waals surface area contributed by atoms with Gasteiger partial charge in [0.25, 0.3) is 0 Å². The molecule has 0 bridgehead atoms. The number of halogens is 2. The Balaban J connectivity index is 1.57. The van der Waals surface area contributed by atoms with Crippen molar-refractivity contribution in [1.82, 2.24) is 23.0 Å². The summed E-state index contributed by atoms with van der Waals surface area (Å²) in [5.41, 5.74) is 8.67. The van der Waals surface area contributed by atoms with Crippen LogP contribution in [0.2, 0.25) is 5.02 Å². The van der Waals surface area contributed by atoms with Gasteiger partial charge in [0.15, 0.2) is 0 Å². The van der Waals surface area contributed by atoms with Crippen molar-refractivity contribution in [2.75, 3.05) is 31.1 Å². The summed E-state index contributed by atoms with van der Waals surface area (Å²) < 4.78 is 7.29. The monoisotopic (exact) mass is 509 g/mol. The van der Waals surface area contributed by atoms with Gasteiger partial charge in [-0.15, -0.1) is 0 Å². The number of hydrogen-bond donors (Lipinski definition) is 1. The first-order chi connectivity index (χ1) is 13.5. The second-order valence-corrected chi connectivity index (χ2v) is 8.58. The number of nitrogens with one attached hydrogen (secondary N) is 1. The second-order valence-electron chi connectivity index (χ2n) is 6.25. The Morgan fingerprint density at radius 1 is 1.25 bits per heavy atom. The first-order valence-corrected chi connectivity index (χ1v) is 11.2. The van der Waals surface area contributed by atoms with Gasteiger partial charge in [0.05, 0.1) is 0 Å². The predicted molar refractivity (Wildman–Crippen MR) is 103 cm³/mol. The molecule has 1 saturated heterocycles. The number of esters is 1. The van der Waals surface area contributed by atoms with Crippen LogP contribution in [0.1, 0.15) is 6.92 Å². The molecule has 1 aromatic carbocycles. The van der Waals surface area contributed by atoms with Crippen molar-refractivity contribution >= 4 is 40.3 Å². The Morgan fingerprint density at radius 3 is 2.61 bits per heavy atom. The maximum atomic E-state index is 11.1.